The monoisotopic (exact) mass is 415 g/mol. The molecule has 158 valence electrons. The highest BCUT2D eigenvalue weighted by Crippen LogP contribution is 2.09. The number of rotatable bonds is 9. The first-order valence-electron chi connectivity index (χ1n) is 10.3. The quantitative estimate of drug-likeness (QED) is 0.423. The molecule has 1 amide bonds. The first kappa shape index (κ1) is 22.0. The van der Waals surface area contributed by atoms with Crippen molar-refractivity contribution in [3.05, 3.63) is 107 Å². The van der Waals surface area contributed by atoms with Crippen molar-refractivity contribution in [1.29, 1.82) is 0 Å². The molecule has 3 rings (SSSR count). The van der Waals surface area contributed by atoms with Crippen LogP contribution in [0, 0.1) is 0 Å². The largest absolute Gasteiger partial charge is 0.456 e. The number of ether oxygens (including phenoxy) is 1. The Balaban J connectivity index is 1.67. The summed E-state index contributed by atoms with van der Waals surface area (Å²) in [4.78, 5) is 37.8. The predicted octanol–water partition coefficient (Wildman–Crippen LogP) is 4.02. The lowest BCUT2D eigenvalue weighted by Gasteiger charge is -2.18. The second kappa shape index (κ2) is 10.9. The third-order valence-corrected chi connectivity index (χ3v) is 4.94. The second-order valence-corrected chi connectivity index (χ2v) is 7.16. The summed E-state index contributed by atoms with van der Waals surface area (Å²) >= 11 is 0. The number of nitrogens with one attached hydrogen (secondary N) is 1. The Kier molecular flexibility index (Phi) is 7.71. The summed E-state index contributed by atoms with van der Waals surface area (Å²) < 4.78 is 5.28. The van der Waals surface area contributed by atoms with Crippen LogP contribution in [-0.2, 0) is 22.4 Å². The average Bonchev–Trinajstić information content (AvgIpc) is 2.83. The van der Waals surface area contributed by atoms with Crippen LogP contribution in [0.15, 0.2) is 84.9 Å². The number of benzene rings is 3. The molecule has 0 heterocycles. The van der Waals surface area contributed by atoms with Crippen molar-refractivity contribution in [2.24, 2.45) is 0 Å². The smallest absolute Gasteiger partial charge is 0.329 e. The van der Waals surface area contributed by atoms with Crippen LogP contribution in [0.2, 0.25) is 0 Å². The summed E-state index contributed by atoms with van der Waals surface area (Å²) in [7, 11) is 0. The maximum absolute atomic E-state index is 12.8. The van der Waals surface area contributed by atoms with Crippen LogP contribution >= 0.6 is 0 Å². The van der Waals surface area contributed by atoms with Gasteiger partial charge in [0.2, 0.25) is 0 Å². The molecule has 0 spiro atoms. The summed E-state index contributed by atoms with van der Waals surface area (Å²) in [6, 6.07) is 24.3. The van der Waals surface area contributed by atoms with Crippen LogP contribution in [0.1, 0.15) is 38.8 Å². The molecule has 0 aliphatic rings. The molecule has 1 N–H and O–H groups in total. The van der Waals surface area contributed by atoms with Gasteiger partial charge in [-0.25, -0.2) is 4.79 Å². The van der Waals surface area contributed by atoms with E-state index >= 15 is 0 Å². The average molecular weight is 415 g/mol. The maximum atomic E-state index is 12.8. The van der Waals surface area contributed by atoms with Crippen LogP contribution in [0.5, 0.6) is 0 Å². The first-order chi connectivity index (χ1) is 15.1. The number of amides is 1. The molecule has 0 aliphatic carbocycles. The van der Waals surface area contributed by atoms with Crippen molar-refractivity contribution >= 4 is 17.7 Å². The Morgan fingerprint density at radius 3 is 2.00 bits per heavy atom. The molecule has 0 bridgehead atoms. The van der Waals surface area contributed by atoms with E-state index < -0.39 is 12.0 Å². The van der Waals surface area contributed by atoms with E-state index in [0.29, 0.717) is 11.1 Å². The van der Waals surface area contributed by atoms with Crippen molar-refractivity contribution in [1.82, 2.24) is 5.32 Å². The van der Waals surface area contributed by atoms with Crippen molar-refractivity contribution in [3.8, 4) is 0 Å². The molecule has 5 nitrogen and oxygen atoms in total. The third kappa shape index (κ3) is 6.37. The van der Waals surface area contributed by atoms with E-state index in [-0.39, 0.29) is 24.7 Å². The van der Waals surface area contributed by atoms with Gasteiger partial charge in [0.25, 0.3) is 5.91 Å². The summed E-state index contributed by atoms with van der Waals surface area (Å²) in [5.41, 5.74) is 2.93. The molecule has 0 aliphatic heterocycles. The highest BCUT2D eigenvalue weighted by Gasteiger charge is 2.24. The number of ketones is 1. The zero-order chi connectivity index (χ0) is 22.1. The lowest BCUT2D eigenvalue weighted by molar-refractivity contribution is -0.144. The van der Waals surface area contributed by atoms with Gasteiger partial charge in [0.1, 0.15) is 6.04 Å². The van der Waals surface area contributed by atoms with Gasteiger partial charge in [-0.1, -0.05) is 79.7 Å². The molecule has 3 aromatic rings. The number of Topliss-reactive ketones (excluding diaryl/α,β-unsaturated/α-hetero) is 1. The number of aryl methyl sites for hydroxylation is 1. The van der Waals surface area contributed by atoms with Crippen LogP contribution in [0.4, 0.5) is 0 Å². The molecular formula is C26H25NO4. The predicted molar refractivity (Wildman–Crippen MR) is 119 cm³/mol. The highest BCUT2D eigenvalue weighted by molar-refractivity contribution is 5.99. The number of carbonyl (C=O) groups excluding carboxylic acids is 3. The minimum atomic E-state index is -0.912. The van der Waals surface area contributed by atoms with E-state index in [0.717, 1.165) is 17.5 Å². The van der Waals surface area contributed by atoms with Gasteiger partial charge in [-0.15, -0.1) is 0 Å². The van der Waals surface area contributed by atoms with E-state index in [1.807, 2.05) is 55.5 Å². The third-order valence-electron chi connectivity index (χ3n) is 4.94. The van der Waals surface area contributed by atoms with Crippen molar-refractivity contribution < 1.29 is 19.1 Å². The highest BCUT2D eigenvalue weighted by atomic mass is 16.5. The molecule has 0 aromatic heterocycles. The van der Waals surface area contributed by atoms with Crippen LogP contribution in [0.25, 0.3) is 0 Å². The first-order valence-corrected chi connectivity index (χ1v) is 10.3. The van der Waals surface area contributed by atoms with E-state index in [1.54, 1.807) is 36.4 Å². The molecule has 5 heteroatoms. The maximum Gasteiger partial charge on any atom is 0.329 e. The van der Waals surface area contributed by atoms with Crippen molar-refractivity contribution in [2.45, 2.75) is 25.8 Å². The minimum Gasteiger partial charge on any atom is -0.456 e. The van der Waals surface area contributed by atoms with Crippen molar-refractivity contribution in [3.63, 3.8) is 0 Å². The minimum absolute atomic E-state index is 0.262. The van der Waals surface area contributed by atoms with Gasteiger partial charge in [0.05, 0.1) is 0 Å². The van der Waals surface area contributed by atoms with Crippen molar-refractivity contribution in [2.75, 3.05) is 6.61 Å². The van der Waals surface area contributed by atoms with Crippen LogP contribution in [-0.4, -0.2) is 30.3 Å². The molecular weight excluding hydrogens is 390 g/mol. The molecule has 0 radical (unpaired) electrons. The van der Waals surface area contributed by atoms with Crippen LogP contribution in [0.3, 0.4) is 0 Å². The summed E-state index contributed by atoms with van der Waals surface area (Å²) in [6.45, 7) is 1.66. The van der Waals surface area contributed by atoms with Crippen LogP contribution < -0.4 is 5.32 Å². The Morgan fingerprint density at radius 2 is 1.39 bits per heavy atom. The summed E-state index contributed by atoms with van der Waals surface area (Å²) in [6.07, 6.45) is 1.14. The number of esters is 1. The van der Waals surface area contributed by atoms with Gasteiger partial charge in [-0.2, -0.15) is 0 Å². The topological polar surface area (TPSA) is 72.5 Å². The van der Waals surface area contributed by atoms with Gasteiger partial charge in [0, 0.05) is 17.5 Å². The van der Waals surface area contributed by atoms with Gasteiger partial charge in [0.15, 0.2) is 12.4 Å². The Hall–Kier alpha value is -3.73. The lowest BCUT2D eigenvalue weighted by Crippen LogP contribution is -2.43. The molecule has 1 atom stereocenters. The summed E-state index contributed by atoms with van der Waals surface area (Å²) in [5.74, 6) is -1.31. The van der Waals surface area contributed by atoms with E-state index in [1.165, 1.54) is 0 Å². The van der Waals surface area contributed by atoms with Gasteiger partial charge in [-0.05, 0) is 29.7 Å². The zero-order valence-electron chi connectivity index (χ0n) is 17.4. The molecule has 0 fully saturated rings. The van der Waals surface area contributed by atoms with E-state index in [2.05, 4.69) is 5.32 Å². The Morgan fingerprint density at radius 1 is 0.774 bits per heavy atom. The summed E-state index contributed by atoms with van der Waals surface area (Å²) in [5, 5.41) is 2.74. The molecule has 3 aromatic carbocycles. The zero-order valence-corrected chi connectivity index (χ0v) is 17.4. The molecule has 31 heavy (non-hydrogen) atoms. The Bertz CT molecular complexity index is 1010. The molecule has 0 unspecified atom stereocenters. The number of hydrogen-bond acceptors (Lipinski definition) is 4. The van der Waals surface area contributed by atoms with Gasteiger partial charge < -0.3 is 10.1 Å². The van der Waals surface area contributed by atoms with Gasteiger partial charge in [-0.3, -0.25) is 9.59 Å². The molecule has 0 saturated heterocycles. The van der Waals surface area contributed by atoms with E-state index in [4.69, 9.17) is 4.74 Å². The fourth-order valence-electron chi connectivity index (χ4n) is 3.12. The number of carbonyl (C=O) groups is 3. The second-order valence-electron chi connectivity index (χ2n) is 7.16. The normalized spacial score (nSPS) is 11.4. The number of hydrogen-bond donors (Lipinski definition) is 1. The lowest BCUT2D eigenvalue weighted by atomic mass is 10.1. The SMILES string of the molecule is CCc1ccc(C(=O)COC(=O)[C@@H](Cc2ccccc2)NC(=O)c2ccccc2)cc1. The molecule has 0 saturated carbocycles. The van der Waals surface area contributed by atoms with E-state index in [9.17, 15) is 14.4 Å². The fourth-order valence-corrected chi connectivity index (χ4v) is 3.12. The Labute approximate surface area is 182 Å². The fraction of sp³-hybridized carbons (Fsp3) is 0.192. The van der Waals surface area contributed by atoms with Gasteiger partial charge >= 0.3 is 5.97 Å². The standard InChI is InChI=1S/C26H25NO4/c1-2-19-13-15-21(16-14-19)24(28)18-31-26(30)23(17-20-9-5-3-6-10-20)27-25(29)22-11-7-4-8-12-22/h3-16,23H,2,17-18H2,1H3,(H,27,29)/t23-/m1/s1.